The van der Waals surface area contributed by atoms with Crippen LogP contribution in [0.15, 0.2) is 18.2 Å². The van der Waals surface area contributed by atoms with Crippen molar-refractivity contribution in [1.82, 2.24) is 4.90 Å². The minimum absolute atomic E-state index is 0. The Morgan fingerprint density at radius 3 is 2.59 bits per heavy atom. The van der Waals surface area contributed by atoms with Crippen molar-refractivity contribution in [2.45, 2.75) is 63.5 Å². The first-order valence-corrected chi connectivity index (χ1v) is 9.89. The third kappa shape index (κ3) is 5.29. The number of halogens is 1. The molecule has 1 amide bonds. The summed E-state index contributed by atoms with van der Waals surface area (Å²) in [6.07, 6.45) is 8.19. The maximum Gasteiger partial charge on any atom is 0.225 e. The Morgan fingerprint density at radius 2 is 1.93 bits per heavy atom. The van der Waals surface area contributed by atoms with Crippen LogP contribution in [0.5, 0.6) is 11.5 Å². The van der Waals surface area contributed by atoms with Crippen molar-refractivity contribution in [1.29, 1.82) is 0 Å². The maximum absolute atomic E-state index is 13.0. The zero-order chi connectivity index (χ0) is 18.5. The molecule has 6 heteroatoms. The molecule has 1 aliphatic carbocycles. The van der Waals surface area contributed by atoms with E-state index in [2.05, 4.69) is 11.0 Å². The molecular formula is C21H33ClN2O3. The lowest BCUT2D eigenvalue weighted by Gasteiger charge is -2.37. The highest BCUT2D eigenvalue weighted by molar-refractivity contribution is 5.85. The fraction of sp³-hybridized carbons (Fsp3) is 0.667. The maximum atomic E-state index is 13.0. The van der Waals surface area contributed by atoms with Crippen molar-refractivity contribution in [3.8, 4) is 11.5 Å². The Kier molecular flexibility index (Phi) is 8.24. The Hall–Kier alpha value is -1.46. The van der Waals surface area contributed by atoms with E-state index in [4.69, 9.17) is 15.2 Å². The van der Waals surface area contributed by atoms with E-state index >= 15 is 0 Å². The first-order chi connectivity index (χ1) is 12.6. The predicted octanol–water partition coefficient (Wildman–Crippen LogP) is 3.57. The molecule has 0 bridgehead atoms. The van der Waals surface area contributed by atoms with Gasteiger partial charge in [0.1, 0.15) is 0 Å². The van der Waals surface area contributed by atoms with Crippen LogP contribution >= 0.6 is 12.4 Å². The number of nitrogens with zero attached hydrogens (tertiary/aromatic N) is 1. The molecule has 1 saturated carbocycles. The Labute approximate surface area is 169 Å². The smallest absolute Gasteiger partial charge is 0.225 e. The molecule has 2 aliphatic rings. The van der Waals surface area contributed by atoms with Gasteiger partial charge in [-0.3, -0.25) is 4.79 Å². The molecule has 2 N–H and O–H groups in total. The Morgan fingerprint density at radius 1 is 1.15 bits per heavy atom. The summed E-state index contributed by atoms with van der Waals surface area (Å²) in [6.45, 7) is 0.904. The third-order valence-electron chi connectivity index (χ3n) is 5.95. The highest BCUT2D eigenvalue weighted by atomic mass is 35.5. The van der Waals surface area contributed by atoms with E-state index in [0.29, 0.717) is 11.9 Å². The number of hydrogen-bond donors (Lipinski definition) is 1. The second-order valence-electron chi connectivity index (χ2n) is 7.68. The van der Waals surface area contributed by atoms with Gasteiger partial charge in [0.15, 0.2) is 11.5 Å². The van der Waals surface area contributed by atoms with Crippen LogP contribution in [-0.2, 0) is 11.2 Å². The molecule has 1 aliphatic heterocycles. The molecular weight excluding hydrogens is 364 g/mol. The fourth-order valence-electron chi connectivity index (χ4n) is 4.44. The van der Waals surface area contributed by atoms with Gasteiger partial charge in [-0.05, 0) is 69.1 Å². The minimum Gasteiger partial charge on any atom is -0.493 e. The molecule has 1 heterocycles. The molecule has 1 saturated heterocycles. The number of nitrogens with two attached hydrogens (primary N) is 1. The quantitative estimate of drug-likeness (QED) is 0.798. The number of carbonyl (C=O) groups excluding carboxylic acids is 1. The molecule has 0 aromatic heterocycles. The summed E-state index contributed by atoms with van der Waals surface area (Å²) in [7, 11) is 3.31. The number of aryl methyl sites for hydroxylation is 1. The molecule has 0 spiro atoms. The number of methoxy groups -OCH3 is 2. The summed E-state index contributed by atoms with van der Waals surface area (Å²) in [4.78, 5) is 15.1. The summed E-state index contributed by atoms with van der Waals surface area (Å²) >= 11 is 0. The van der Waals surface area contributed by atoms with Crippen LogP contribution in [0.25, 0.3) is 0 Å². The lowest BCUT2D eigenvalue weighted by molar-refractivity contribution is -0.139. The zero-order valence-corrected chi connectivity index (χ0v) is 17.3. The summed E-state index contributed by atoms with van der Waals surface area (Å²) in [5, 5.41) is 0. The second kappa shape index (κ2) is 10.2. The number of rotatable bonds is 6. The van der Waals surface area contributed by atoms with Gasteiger partial charge in [0.25, 0.3) is 0 Å². The lowest BCUT2D eigenvalue weighted by Crippen LogP contribution is -2.46. The van der Waals surface area contributed by atoms with Crippen LogP contribution in [-0.4, -0.2) is 43.7 Å². The second-order valence-corrected chi connectivity index (χ2v) is 7.68. The average Bonchev–Trinajstić information content (AvgIpc) is 3.12. The Bertz CT molecular complexity index is 625. The average molecular weight is 397 g/mol. The van der Waals surface area contributed by atoms with Gasteiger partial charge in [-0.25, -0.2) is 0 Å². The van der Waals surface area contributed by atoms with Crippen LogP contribution in [0.4, 0.5) is 0 Å². The van der Waals surface area contributed by atoms with E-state index in [1.165, 1.54) is 12.0 Å². The Balaban J connectivity index is 0.00000261. The molecule has 3 unspecified atom stereocenters. The lowest BCUT2D eigenvalue weighted by atomic mass is 9.93. The number of benzene rings is 1. The van der Waals surface area contributed by atoms with Crippen molar-refractivity contribution >= 4 is 18.3 Å². The standard InChI is InChI=1S/C21H32N2O3.ClH/c1-25-19-11-7-15(13-20(19)26-2)6-10-18-5-3-4-12-23(18)21(24)16-8-9-17(22)14-16;/h7,11,13,16-18H,3-6,8-10,12,14,22H2,1-2H3;1H. The number of piperidine rings is 1. The monoisotopic (exact) mass is 396 g/mol. The molecule has 3 atom stereocenters. The van der Waals surface area contributed by atoms with Gasteiger partial charge in [-0.15, -0.1) is 12.4 Å². The van der Waals surface area contributed by atoms with E-state index in [1.54, 1.807) is 14.2 Å². The van der Waals surface area contributed by atoms with E-state index in [-0.39, 0.29) is 24.4 Å². The molecule has 0 radical (unpaired) electrons. The molecule has 152 valence electrons. The number of ether oxygens (including phenoxy) is 2. The van der Waals surface area contributed by atoms with E-state index in [1.807, 2.05) is 12.1 Å². The van der Waals surface area contributed by atoms with E-state index in [9.17, 15) is 4.79 Å². The summed E-state index contributed by atoms with van der Waals surface area (Å²) in [6, 6.07) is 6.65. The normalized spacial score (nSPS) is 25.0. The topological polar surface area (TPSA) is 64.8 Å². The third-order valence-corrected chi connectivity index (χ3v) is 5.95. The molecule has 1 aromatic carbocycles. The van der Waals surface area contributed by atoms with Crippen LogP contribution in [0.3, 0.4) is 0 Å². The van der Waals surface area contributed by atoms with Crippen molar-refractivity contribution in [2.75, 3.05) is 20.8 Å². The van der Waals surface area contributed by atoms with Crippen molar-refractivity contribution in [3.05, 3.63) is 23.8 Å². The number of likely N-dealkylation sites (tertiary alicyclic amines) is 1. The van der Waals surface area contributed by atoms with Gasteiger partial charge in [-0.2, -0.15) is 0 Å². The fourth-order valence-corrected chi connectivity index (χ4v) is 4.44. The van der Waals surface area contributed by atoms with Gasteiger partial charge in [-0.1, -0.05) is 6.07 Å². The number of amides is 1. The molecule has 5 nitrogen and oxygen atoms in total. The number of hydrogen-bond acceptors (Lipinski definition) is 4. The largest absolute Gasteiger partial charge is 0.493 e. The molecule has 27 heavy (non-hydrogen) atoms. The van der Waals surface area contributed by atoms with Crippen LogP contribution in [0.2, 0.25) is 0 Å². The molecule has 3 rings (SSSR count). The zero-order valence-electron chi connectivity index (χ0n) is 16.5. The van der Waals surface area contributed by atoms with E-state index in [0.717, 1.165) is 63.0 Å². The van der Waals surface area contributed by atoms with Crippen LogP contribution in [0.1, 0.15) is 50.5 Å². The van der Waals surface area contributed by atoms with Gasteiger partial charge < -0.3 is 20.1 Å². The first kappa shape index (κ1) is 21.8. The van der Waals surface area contributed by atoms with Crippen LogP contribution < -0.4 is 15.2 Å². The molecule has 1 aromatic rings. The highest BCUT2D eigenvalue weighted by Crippen LogP contribution is 2.31. The van der Waals surface area contributed by atoms with Crippen molar-refractivity contribution in [3.63, 3.8) is 0 Å². The first-order valence-electron chi connectivity index (χ1n) is 9.89. The highest BCUT2D eigenvalue weighted by Gasteiger charge is 2.34. The van der Waals surface area contributed by atoms with Gasteiger partial charge in [0, 0.05) is 24.5 Å². The van der Waals surface area contributed by atoms with Gasteiger partial charge in [0.2, 0.25) is 5.91 Å². The summed E-state index contributed by atoms with van der Waals surface area (Å²) in [5.74, 6) is 2.01. The minimum atomic E-state index is 0. The SMILES string of the molecule is COc1ccc(CCC2CCCCN2C(=O)C2CCC(N)C2)cc1OC.Cl. The predicted molar refractivity (Wildman–Crippen MR) is 110 cm³/mol. The molecule has 2 fully saturated rings. The summed E-state index contributed by atoms with van der Waals surface area (Å²) < 4.78 is 10.7. The number of carbonyl (C=O) groups is 1. The van der Waals surface area contributed by atoms with Gasteiger partial charge >= 0.3 is 0 Å². The van der Waals surface area contributed by atoms with Crippen LogP contribution in [0, 0.1) is 5.92 Å². The van der Waals surface area contributed by atoms with Crippen molar-refractivity contribution < 1.29 is 14.3 Å². The van der Waals surface area contributed by atoms with E-state index < -0.39 is 0 Å². The van der Waals surface area contributed by atoms with Gasteiger partial charge in [0.05, 0.1) is 14.2 Å². The summed E-state index contributed by atoms with van der Waals surface area (Å²) in [5.41, 5.74) is 7.25. The van der Waals surface area contributed by atoms with Crippen molar-refractivity contribution in [2.24, 2.45) is 11.7 Å².